The first-order chi connectivity index (χ1) is 14.7. The zero-order chi connectivity index (χ0) is 22.6. The summed E-state index contributed by atoms with van der Waals surface area (Å²) in [6, 6.07) is 11.7. The molecule has 2 amide bonds. The first kappa shape index (κ1) is 22.8. The number of amides is 2. The summed E-state index contributed by atoms with van der Waals surface area (Å²) in [6.45, 7) is 6.95. The van der Waals surface area contributed by atoms with Gasteiger partial charge in [0.05, 0.1) is 10.8 Å². The lowest BCUT2D eigenvalue weighted by Gasteiger charge is -2.32. The van der Waals surface area contributed by atoms with E-state index in [0.29, 0.717) is 36.4 Å². The normalized spacial score (nSPS) is 16.6. The summed E-state index contributed by atoms with van der Waals surface area (Å²) in [4.78, 5) is 27.1. The number of carbonyl (C=O) groups excluding carboxylic acids is 2. The van der Waals surface area contributed by atoms with Crippen molar-refractivity contribution in [1.29, 1.82) is 0 Å². The second-order valence-electron chi connectivity index (χ2n) is 7.94. The maximum Gasteiger partial charge on any atom is 0.262 e. The van der Waals surface area contributed by atoms with Crippen molar-refractivity contribution in [3.05, 3.63) is 59.2 Å². The van der Waals surface area contributed by atoms with Crippen LogP contribution < -0.4 is 10.0 Å². The van der Waals surface area contributed by atoms with Gasteiger partial charge in [-0.1, -0.05) is 18.2 Å². The van der Waals surface area contributed by atoms with Crippen molar-refractivity contribution < 1.29 is 18.0 Å². The number of hydrogen-bond donors (Lipinski definition) is 2. The van der Waals surface area contributed by atoms with Crippen molar-refractivity contribution in [1.82, 2.24) is 10.2 Å². The lowest BCUT2D eigenvalue weighted by Crippen LogP contribution is -2.45. The zero-order valence-electron chi connectivity index (χ0n) is 18.1. The largest absolute Gasteiger partial charge is 0.356 e. The molecule has 1 aliphatic rings. The number of hydrogen-bond acceptors (Lipinski definition) is 4. The number of sulfonamides is 1. The molecule has 0 bridgehead atoms. The third kappa shape index (κ3) is 5.44. The van der Waals surface area contributed by atoms with Crippen LogP contribution in [0.4, 0.5) is 5.69 Å². The van der Waals surface area contributed by atoms with Crippen molar-refractivity contribution in [3.63, 3.8) is 0 Å². The van der Waals surface area contributed by atoms with E-state index in [-0.39, 0.29) is 22.6 Å². The molecule has 1 saturated heterocycles. The van der Waals surface area contributed by atoms with Gasteiger partial charge in [-0.15, -0.1) is 0 Å². The van der Waals surface area contributed by atoms with Crippen LogP contribution in [0.15, 0.2) is 47.4 Å². The second kappa shape index (κ2) is 9.51. The Morgan fingerprint density at radius 3 is 2.65 bits per heavy atom. The second-order valence-corrected chi connectivity index (χ2v) is 9.59. The highest BCUT2D eigenvalue weighted by Gasteiger charge is 2.29. The molecule has 0 spiro atoms. The Morgan fingerprint density at radius 1 is 1.13 bits per heavy atom. The first-order valence-corrected chi connectivity index (χ1v) is 12.0. The molecule has 3 rings (SSSR count). The Morgan fingerprint density at radius 2 is 1.90 bits per heavy atom. The molecule has 1 fully saturated rings. The van der Waals surface area contributed by atoms with Crippen LogP contribution in [0.2, 0.25) is 0 Å². The minimum Gasteiger partial charge on any atom is -0.356 e. The molecule has 7 nitrogen and oxygen atoms in total. The topological polar surface area (TPSA) is 95.6 Å². The van der Waals surface area contributed by atoms with E-state index in [9.17, 15) is 18.0 Å². The number of nitrogens with one attached hydrogen (secondary N) is 2. The van der Waals surface area contributed by atoms with Crippen LogP contribution in [0.1, 0.15) is 41.3 Å². The fourth-order valence-electron chi connectivity index (χ4n) is 3.80. The van der Waals surface area contributed by atoms with E-state index in [2.05, 4.69) is 10.0 Å². The summed E-state index contributed by atoms with van der Waals surface area (Å²) in [5, 5.41) is 2.82. The number of nitrogens with zero attached hydrogens (tertiary/aromatic N) is 1. The molecule has 2 aromatic rings. The standard InChI is InChI=1S/C23H29N3O4S/c1-4-24-22(27)19-8-6-12-26(15-19)23(28)18-7-5-9-20(14-18)25-31(29,30)21-13-16(2)10-11-17(21)3/h5,7,9-11,13-14,19,25H,4,6,8,12,15H2,1-3H3,(H,24,27). The fourth-order valence-corrected chi connectivity index (χ4v) is 5.18. The number of likely N-dealkylation sites (tertiary alicyclic amines) is 1. The van der Waals surface area contributed by atoms with E-state index in [4.69, 9.17) is 0 Å². The first-order valence-electron chi connectivity index (χ1n) is 10.5. The van der Waals surface area contributed by atoms with Gasteiger partial charge in [0.15, 0.2) is 0 Å². The third-order valence-electron chi connectivity index (χ3n) is 5.43. The van der Waals surface area contributed by atoms with Crippen LogP contribution in [-0.4, -0.2) is 44.8 Å². The lowest BCUT2D eigenvalue weighted by atomic mass is 9.96. The van der Waals surface area contributed by atoms with Gasteiger partial charge in [0.25, 0.3) is 15.9 Å². The Balaban J connectivity index is 1.77. The zero-order valence-corrected chi connectivity index (χ0v) is 19.0. The Labute approximate surface area is 183 Å². The monoisotopic (exact) mass is 443 g/mol. The van der Waals surface area contributed by atoms with Crippen molar-refractivity contribution in [3.8, 4) is 0 Å². The van der Waals surface area contributed by atoms with Gasteiger partial charge in [0.2, 0.25) is 5.91 Å². The van der Waals surface area contributed by atoms with Gasteiger partial charge >= 0.3 is 0 Å². The van der Waals surface area contributed by atoms with Gasteiger partial charge < -0.3 is 10.2 Å². The molecule has 1 unspecified atom stereocenters. The van der Waals surface area contributed by atoms with E-state index in [1.165, 1.54) is 0 Å². The van der Waals surface area contributed by atoms with Gasteiger partial charge in [0, 0.05) is 30.9 Å². The summed E-state index contributed by atoms with van der Waals surface area (Å²) in [7, 11) is -3.79. The Bertz CT molecular complexity index is 1080. The SMILES string of the molecule is CCNC(=O)C1CCCN(C(=O)c2cccc(NS(=O)(=O)c3cc(C)ccc3C)c2)C1. The van der Waals surface area contributed by atoms with Crippen LogP contribution in [0.5, 0.6) is 0 Å². The van der Waals surface area contributed by atoms with Crippen LogP contribution in [0.3, 0.4) is 0 Å². The quantitative estimate of drug-likeness (QED) is 0.717. The van der Waals surface area contributed by atoms with Gasteiger partial charge in [-0.05, 0) is 69.0 Å². The molecule has 0 radical (unpaired) electrons. The number of rotatable bonds is 6. The van der Waals surface area contributed by atoms with E-state index in [1.54, 1.807) is 48.2 Å². The van der Waals surface area contributed by atoms with Crippen LogP contribution >= 0.6 is 0 Å². The highest BCUT2D eigenvalue weighted by Crippen LogP contribution is 2.23. The molecule has 166 valence electrons. The minimum absolute atomic E-state index is 0.0324. The number of anilines is 1. The van der Waals surface area contributed by atoms with E-state index in [0.717, 1.165) is 18.4 Å². The van der Waals surface area contributed by atoms with Crippen LogP contribution in [-0.2, 0) is 14.8 Å². The Hall–Kier alpha value is -2.87. The lowest BCUT2D eigenvalue weighted by molar-refractivity contribution is -0.126. The van der Waals surface area contributed by atoms with Gasteiger partial charge in [-0.25, -0.2) is 8.42 Å². The third-order valence-corrected chi connectivity index (χ3v) is 6.95. The molecule has 0 aromatic heterocycles. The van der Waals surface area contributed by atoms with E-state index in [1.807, 2.05) is 19.9 Å². The van der Waals surface area contributed by atoms with E-state index >= 15 is 0 Å². The van der Waals surface area contributed by atoms with Crippen LogP contribution in [0.25, 0.3) is 0 Å². The molecule has 1 aliphatic heterocycles. The van der Waals surface area contributed by atoms with E-state index < -0.39 is 10.0 Å². The van der Waals surface area contributed by atoms with Gasteiger partial charge in [-0.2, -0.15) is 0 Å². The summed E-state index contributed by atoms with van der Waals surface area (Å²) in [6.07, 6.45) is 1.51. The molecule has 1 heterocycles. The highest BCUT2D eigenvalue weighted by atomic mass is 32.2. The summed E-state index contributed by atoms with van der Waals surface area (Å²) >= 11 is 0. The predicted octanol–water partition coefficient (Wildman–Crippen LogP) is 3.09. The molecular weight excluding hydrogens is 414 g/mol. The number of piperidine rings is 1. The smallest absolute Gasteiger partial charge is 0.262 e. The number of benzene rings is 2. The molecule has 0 aliphatic carbocycles. The van der Waals surface area contributed by atoms with Crippen LogP contribution in [0, 0.1) is 19.8 Å². The minimum atomic E-state index is -3.79. The van der Waals surface area contributed by atoms with Crippen molar-refractivity contribution >= 4 is 27.5 Å². The summed E-state index contributed by atoms with van der Waals surface area (Å²) in [5.41, 5.74) is 2.21. The maximum atomic E-state index is 13.0. The molecule has 31 heavy (non-hydrogen) atoms. The molecule has 1 atom stereocenters. The highest BCUT2D eigenvalue weighted by molar-refractivity contribution is 7.92. The predicted molar refractivity (Wildman–Crippen MR) is 120 cm³/mol. The van der Waals surface area contributed by atoms with Crippen molar-refractivity contribution in [2.45, 2.75) is 38.5 Å². The molecule has 0 saturated carbocycles. The van der Waals surface area contributed by atoms with Crippen molar-refractivity contribution in [2.75, 3.05) is 24.4 Å². The summed E-state index contributed by atoms with van der Waals surface area (Å²) in [5.74, 6) is -0.458. The molecule has 8 heteroatoms. The summed E-state index contributed by atoms with van der Waals surface area (Å²) < 4.78 is 28.4. The average molecular weight is 444 g/mol. The molecular formula is C23H29N3O4S. The van der Waals surface area contributed by atoms with Gasteiger partial charge in [-0.3, -0.25) is 14.3 Å². The maximum absolute atomic E-state index is 13.0. The average Bonchev–Trinajstić information content (AvgIpc) is 2.75. The Kier molecular flexibility index (Phi) is 7.00. The number of aryl methyl sites for hydroxylation is 2. The number of carbonyl (C=O) groups is 2. The van der Waals surface area contributed by atoms with Gasteiger partial charge in [0.1, 0.15) is 0 Å². The molecule has 2 N–H and O–H groups in total. The molecule has 2 aromatic carbocycles. The fraction of sp³-hybridized carbons (Fsp3) is 0.391. The van der Waals surface area contributed by atoms with Crippen molar-refractivity contribution in [2.24, 2.45) is 5.92 Å².